The molecule has 4 rings (SSSR count). The molecule has 13 atom stereocenters. The Kier molecular flexibility index (Phi) is 20.7. The lowest BCUT2D eigenvalue weighted by molar-refractivity contribution is -0.433. The second kappa shape index (κ2) is 25.2. The number of hydrogen-bond acceptors (Lipinski definition) is 21. The predicted molar refractivity (Wildman–Crippen MR) is 229 cm³/mol. The highest BCUT2D eigenvalue weighted by atomic mass is 32.2. The molecule has 1 aromatic rings. The summed E-state index contributed by atoms with van der Waals surface area (Å²) in [6.07, 6.45) is -11.2. The van der Waals surface area contributed by atoms with Crippen molar-refractivity contribution in [1.29, 1.82) is 0 Å². The number of phenols is 1. The topological polar surface area (TPSA) is 390 Å². The maximum absolute atomic E-state index is 14.7. The Morgan fingerprint density at radius 2 is 1.46 bits per heavy atom. The number of nitrogens with one attached hydrogen (secondary N) is 4. The van der Waals surface area contributed by atoms with Gasteiger partial charge >= 0.3 is 0 Å². The number of nitrogens with zero attached hydrogens (tertiary/aromatic N) is 3. The average molecular weight is 978 g/mol. The van der Waals surface area contributed by atoms with E-state index in [1.165, 1.54) is 44.9 Å². The number of aliphatic hydroxyl groups excluding tert-OH is 8. The van der Waals surface area contributed by atoms with Crippen molar-refractivity contribution in [2.24, 2.45) is 11.8 Å². The molecule has 67 heavy (non-hydrogen) atoms. The van der Waals surface area contributed by atoms with Crippen LogP contribution < -0.4 is 25.5 Å². The summed E-state index contributed by atoms with van der Waals surface area (Å²) in [5.41, 5.74) is 0.144. The van der Waals surface area contributed by atoms with Gasteiger partial charge in [0.05, 0.1) is 55.9 Å². The van der Waals surface area contributed by atoms with Crippen LogP contribution in [0, 0.1) is 11.8 Å². The van der Waals surface area contributed by atoms with Crippen molar-refractivity contribution in [3.05, 3.63) is 23.8 Å². The van der Waals surface area contributed by atoms with E-state index in [9.17, 15) is 74.7 Å². The standard InChI is InChI=1S/C40H63N7O19S/c1-18-9-23(51)13-41-38(60)33-34(56)19(2)14-47(33)40(62)32(27(54)7-8-45(4)22(16-48)17-49)44-37(59)31(28(55)10-21-5-6-26(53)29(11-21)64-67-66-65-63)43-36(58)25-12-24(52)15-46(25)39(61)30(20(3)50)42-35(18)57/h5-6,11,18-20,22-25,27-28,30-34,48-56,63H,7-10,12-17H2,1-4H3,(H,41,60)(H,42,57)(H,43,58)(H,44,59)/t18?,19-,20+,23+,24+,25-,27+,28+,30-,31-,32-,33-,34-/m0/s1. The lowest BCUT2D eigenvalue weighted by atomic mass is 9.98. The predicted octanol–water partition coefficient (Wildman–Crippen LogP) is -5.78. The fraction of sp³-hybridized carbons (Fsp3) is 0.700. The lowest BCUT2D eigenvalue weighted by Gasteiger charge is -2.34. The molecular formula is C40H63N7O19S. The molecular weight excluding hydrogens is 915 g/mol. The van der Waals surface area contributed by atoms with Crippen LogP contribution in [-0.4, -0.2) is 221 Å². The van der Waals surface area contributed by atoms with Gasteiger partial charge in [-0.3, -0.25) is 33.7 Å². The first-order valence-electron chi connectivity index (χ1n) is 21.6. The first-order chi connectivity index (χ1) is 31.6. The second-order valence-electron chi connectivity index (χ2n) is 17.3. The maximum atomic E-state index is 14.7. The number of rotatable bonds is 15. The Bertz CT molecular complexity index is 1870. The summed E-state index contributed by atoms with van der Waals surface area (Å²) in [5.74, 6) is -8.86. The third kappa shape index (κ3) is 14.3. The van der Waals surface area contributed by atoms with E-state index in [2.05, 4.69) is 30.6 Å². The Balaban J connectivity index is 1.83. The highest BCUT2D eigenvalue weighted by Gasteiger charge is 2.49. The Hall–Kier alpha value is -4.49. The van der Waals surface area contributed by atoms with Crippen molar-refractivity contribution in [2.45, 2.75) is 119 Å². The number of aromatic hydroxyl groups is 1. The average Bonchev–Trinajstić information content (AvgIpc) is 3.83. The van der Waals surface area contributed by atoms with Crippen molar-refractivity contribution in [2.75, 3.05) is 46.4 Å². The summed E-state index contributed by atoms with van der Waals surface area (Å²) in [4.78, 5) is 88.0. The number of amides is 6. The maximum Gasteiger partial charge on any atom is 0.261 e. The molecule has 26 nitrogen and oxygen atoms in total. The smallest absolute Gasteiger partial charge is 0.261 e. The summed E-state index contributed by atoms with van der Waals surface area (Å²) in [5, 5.41) is 118. The number of β-amino-alcohol motifs (C(OH)–C–C–N with tert-alkyl or cyclic N) is 1. The molecule has 6 amide bonds. The third-order valence-corrected chi connectivity index (χ3v) is 12.5. The van der Waals surface area contributed by atoms with Crippen LogP contribution in [0.2, 0.25) is 0 Å². The van der Waals surface area contributed by atoms with Crippen LogP contribution in [0.3, 0.4) is 0 Å². The van der Waals surface area contributed by atoms with Gasteiger partial charge in [0.25, 0.3) is 12.3 Å². The number of likely N-dealkylation sites (N-methyl/N-ethyl adjacent to an activating group) is 1. The highest BCUT2D eigenvalue weighted by Crippen LogP contribution is 2.31. The van der Waals surface area contributed by atoms with Crippen LogP contribution in [-0.2, 0) is 44.6 Å². The third-order valence-electron chi connectivity index (χ3n) is 12.2. The molecule has 3 fully saturated rings. The van der Waals surface area contributed by atoms with Gasteiger partial charge in [0.1, 0.15) is 30.2 Å². The van der Waals surface area contributed by atoms with Gasteiger partial charge in [0.2, 0.25) is 35.4 Å². The summed E-state index contributed by atoms with van der Waals surface area (Å²) in [6, 6.07) is -6.18. The lowest BCUT2D eigenvalue weighted by Crippen LogP contribution is -2.64. The van der Waals surface area contributed by atoms with E-state index < -0.39 is 165 Å². The summed E-state index contributed by atoms with van der Waals surface area (Å²) < 4.78 is 9.28. The second-order valence-corrected chi connectivity index (χ2v) is 17.7. The molecule has 14 N–H and O–H groups in total. The number of carbonyl (C=O) groups is 6. The Labute approximate surface area is 389 Å². The fourth-order valence-corrected chi connectivity index (χ4v) is 8.43. The van der Waals surface area contributed by atoms with Crippen LogP contribution in [0.15, 0.2) is 18.2 Å². The van der Waals surface area contributed by atoms with Gasteiger partial charge in [0.15, 0.2) is 11.5 Å². The molecule has 0 radical (unpaired) electrons. The number of fused-ring (bicyclic) bond motifs is 2. The largest absolute Gasteiger partial charge is 0.504 e. The van der Waals surface area contributed by atoms with E-state index in [-0.39, 0.29) is 49.6 Å². The number of phenolic OH excluding ortho intramolecular Hbond substituents is 1. The van der Waals surface area contributed by atoms with Crippen LogP contribution in [0.5, 0.6) is 11.5 Å². The quantitative estimate of drug-likeness (QED) is 0.0337. The van der Waals surface area contributed by atoms with Crippen molar-refractivity contribution >= 4 is 47.8 Å². The number of aliphatic hydroxyl groups is 8. The summed E-state index contributed by atoms with van der Waals surface area (Å²) >= 11 is 0.0860. The molecule has 3 heterocycles. The molecule has 3 aliphatic heterocycles. The van der Waals surface area contributed by atoms with Crippen molar-refractivity contribution in [3.63, 3.8) is 0 Å². The van der Waals surface area contributed by atoms with E-state index in [4.69, 9.17) is 9.44 Å². The molecule has 0 bridgehead atoms. The molecule has 3 saturated heterocycles. The van der Waals surface area contributed by atoms with E-state index in [0.29, 0.717) is 0 Å². The van der Waals surface area contributed by atoms with Gasteiger partial charge in [-0.05, 0) is 44.5 Å². The Morgan fingerprint density at radius 3 is 2.10 bits per heavy atom. The molecule has 1 aromatic carbocycles. The minimum atomic E-state index is -2.08. The van der Waals surface area contributed by atoms with Crippen LogP contribution >= 0.6 is 12.3 Å². The zero-order chi connectivity index (χ0) is 49.9. The van der Waals surface area contributed by atoms with E-state index in [1.54, 1.807) is 0 Å². The molecule has 0 spiro atoms. The van der Waals surface area contributed by atoms with Gasteiger partial charge in [0, 0.05) is 50.9 Å². The molecule has 1 unspecified atom stereocenters. The zero-order valence-corrected chi connectivity index (χ0v) is 38.1. The van der Waals surface area contributed by atoms with Gasteiger partial charge < -0.3 is 81.2 Å². The molecule has 3 aliphatic rings. The van der Waals surface area contributed by atoms with Crippen molar-refractivity contribution in [3.8, 4) is 11.5 Å². The Morgan fingerprint density at radius 1 is 0.821 bits per heavy atom. The number of hydrogen-bond donors (Lipinski definition) is 14. The molecule has 0 aromatic heterocycles. The zero-order valence-electron chi connectivity index (χ0n) is 37.3. The minimum absolute atomic E-state index is 0.0860. The number of benzene rings is 1. The monoisotopic (exact) mass is 977 g/mol. The van der Waals surface area contributed by atoms with E-state index in [0.717, 1.165) is 15.9 Å². The van der Waals surface area contributed by atoms with Gasteiger partial charge in [-0.25, -0.2) is 5.26 Å². The molecule has 0 aliphatic carbocycles. The van der Waals surface area contributed by atoms with Crippen molar-refractivity contribution in [1.82, 2.24) is 36.0 Å². The van der Waals surface area contributed by atoms with Crippen LogP contribution in [0.1, 0.15) is 45.6 Å². The van der Waals surface area contributed by atoms with Crippen LogP contribution in [0.4, 0.5) is 0 Å². The molecule has 0 saturated carbocycles. The van der Waals surface area contributed by atoms with Crippen LogP contribution in [0.25, 0.3) is 0 Å². The number of carbonyl (C=O) groups excluding carboxylic acids is 6. The molecule has 378 valence electrons. The van der Waals surface area contributed by atoms with E-state index >= 15 is 0 Å². The SMILES string of the molecule is CC1C[C@@H](O)CNC(=O)[C@@H]2[C@@H](O)[C@@H](C)CN2C(=O)[C@H]([C@H](O)CCN(C)C(CO)CO)NC(=O)[C@H]([C@H](O)Cc2ccc(O)c(OSOOO)c2)NC(=O)[C@@H]2C[C@@H](O)CN2C(=O)[C@H]([C@@H](C)O)NC1=O. The first-order valence-corrected chi connectivity index (χ1v) is 22.2. The van der Waals surface area contributed by atoms with Crippen molar-refractivity contribution < 1.29 is 93.5 Å². The minimum Gasteiger partial charge on any atom is -0.504 e. The summed E-state index contributed by atoms with van der Waals surface area (Å²) in [7, 11) is 1.51. The normalized spacial score (nSPS) is 29.9. The summed E-state index contributed by atoms with van der Waals surface area (Å²) in [6.45, 7) is 1.81. The van der Waals surface area contributed by atoms with Gasteiger partial charge in [-0.15, -0.1) is 0 Å². The first kappa shape index (κ1) is 55.1. The fourth-order valence-electron chi connectivity index (χ4n) is 8.17. The molecule has 27 heteroatoms. The van der Waals surface area contributed by atoms with E-state index in [1.807, 2.05) is 0 Å². The highest BCUT2D eigenvalue weighted by molar-refractivity contribution is 7.90. The van der Waals surface area contributed by atoms with Gasteiger partial charge in [-0.2, -0.15) is 0 Å². The van der Waals surface area contributed by atoms with Gasteiger partial charge in [-0.1, -0.05) is 29.3 Å².